The van der Waals surface area contributed by atoms with E-state index in [4.69, 9.17) is 5.73 Å². The molecule has 2 nitrogen and oxygen atoms in total. The van der Waals surface area contributed by atoms with Crippen LogP contribution in [0.25, 0.3) is 11.6 Å². The van der Waals surface area contributed by atoms with Gasteiger partial charge in [-0.25, -0.2) is 4.98 Å². The molecule has 2 heteroatoms. The lowest BCUT2D eigenvalue weighted by molar-refractivity contribution is 0.857. The molecule has 1 aromatic heterocycles. The Bertz CT molecular complexity index is 365. The van der Waals surface area contributed by atoms with Gasteiger partial charge in [-0.2, -0.15) is 0 Å². The first-order valence-corrected chi connectivity index (χ1v) is 4.64. The minimum absolute atomic E-state index is 0.399. The minimum atomic E-state index is 0.399. The van der Waals surface area contributed by atoms with E-state index in [0.717, 1.165) is 16.7 Å². The number of nitrogens with two attached hydrogens (primary N) is 1. The summed E-state index contributed by atoms with van der Waals surface area (Å²) in [7, 11) is 0. The Morgan fingerprint density at radius 1 is 1.57 bits per heavy atom. The van der Waals surface area contributed by atoms with Crippen molar-refractivity contribution in [2.24, 2.45) is 5.92 Å². The molecule has 0 fully saturated rings. The van der Waals surface area contributed by atoms with Crippen LogP contribution in [0.2, 0.25) is 0 Å². The number of nitrogens with zero attached hydrogens (tertiary/aromatic N) is 1. The maximum atomic E-state index is 5.75. The van der Waals surface area contributed by atoms with Crippen molar-refractivity contribution in [2.45, 2.75) is 13.8 Å². The molecule has 0 aromatic carbocycles. The van der Waals surface area contributed by atoms with Crippen LogP contribution < -0.4 is 5.73 Å². The van der Waals surface area contributed by atoms with Gasteiger partial charge in [0, 0.05) is 11.8 Å². The normalized spacial score (nSPS) is 10.2. The van der Waals surface area contributed by atoms with Gasteiger partial charge >= 0.3 is 0 Å². The molecule has 2 N–H and O–H groups in total. The Hall–Kier alpha value is -1.57. The fourth-order valence-electron chi connectivity index (χ4n) is 1.29. The van der Waals surface area contributed by atoms with Crippen molar-refractivity contribution >= 4 is 17.5 Å². The van der Waals surface area contributed by atoms with Gasteiger partial charge in [-0.3, -0.25) is 0 Å². The second kappa shape index (κ2) is 4.09. The third-order valence-corrected chi connectivity index (χ3v) is 2.27. The zero-order chi connectivity index (χ0) is 10.7. The Morgan fingerprint density at radius 2 is 2.21 bits per heavy atom. The lowest BCUT2D eigenvalue weighted by atomic mass is 9.94. The predicted octanol–water partition coefficient (Wildman–Crippen LogP) is 2.98. The minimum Gasteiger partial charge on any atom is -0.383 e. The zero-order valence-corrected chi connectivity index (χ0v) is 8.75. The molecule has 0 unspecified atom stereocenters. The molecule has 0 amide bonds. The average Bonchev–Trinajstić information content (AvgIpc) is 2.16. The molecule has 74 valence electrons. The molecule has 0 aliphatic heterocycles. The van der Waals surface area contributed by atoms with Crippen LogP contribution in [0.15, 0.2) is 25.4 Å². The van der Waals surface area contributed by atoms with E-state index in [9.17, 15) is 0 Å². The summed E-state index contributed by atoms with van der Waals surface area (Å²) < 4.78 is 0. The van der Waals surface area contributed by atoms with Gasteiger partial charge in [-0.05, 0) is 23.1 Å². The van der Waals surface area contributed by atoms with Crippen molar-refractivity contribution in [3.05, 3.63) is 36.5 Å². The van der Waals surface area contributed by atoms with Crippen LogP contribution in [0.1, 0.15) is 25.0 Å². The van der Waals surface area contributed by atoms with Crippen LogP contribution >= 0.6 is 0 Å². The molecule has 0 aliphatic rings. The molecule has 14 heavy (non-hydrogen) atoms. The highest BCUT2D eigenvalue weighted by atomic mass is 14.8. The van der Waals surface area contributed by atoms with Crippen LogP contribution in [0, 0.1) is 5.92 Å². The Labute approximate surface area is 85.2 Å². The van der Waals surface area contributed by atoms with E-state index in [2.05, 4.69) is 32.0 Å². The van der Waals surface area contributed by atoms with Crippen LogP contribution in [0.5, 0.6) is 0 Å². The molecule has 0 aliphatic carbocycles. The number of hydrogen-bond acceptors (Lipinski definition) is 2. The summed E-state index contributed by atoms with van der Waals surface area (Å²) in [6, 6.07) is 1.93. The van der Waals surface area contributed by atoms with Crippen molar-refractivity contribution in [1.82, 2.24) is 4.98 Å². The standard InChI is InChI=1S/C12H16N2/c1-5-10-11(9(4)8(2)3)6-7-14-12(10)13/h5-8H,1,4H2,2-3H3,(H2,13,14). The number of nitrogen functional groups attached to an aromatic ring is 1. The van der Waals surface area contributed by atoms with Gasteiger partial charge in [-0.1, -0.05) is 33.1 Å². The number of allylic oxidation sites excluding steroid dienone is 1. The number of hydrogen-bond donors (Lipinski definition) is 1. The topological polar surface area (TPSA) is 38.9 Å². The zero-order valence-electron chi connectivity index (χ0n) is 8.75. The molecule has 0 spiro atoms. The van der Waals surface area contributed by atoms with E-state index in [-0.39, 0.29) is 0 Å². The lowest BCUT2D eigenvalue weighted by Gasteiger charge is -2.13. The molecule has 0 bridgehead atoms. The molecule has 0 saturated carbocycles. The number of anilines is 1. The summed E-state index contributed by atoms with van der Waals surface area (Å²) >= 11 is 0. The van der Waals surface area contributed by atoms with Crippen LogP contribution in [-0.4, -0.2) is 4.98 Å². The van der Waals surface area contributed by atoms with Crippen molar-refractivity contribution in [2.75, 3.05) is 5.73 Å². The van der Waals surface area contributed by atoms with Crippen LogP contribution in [0.3, 0.4) is 0 Å². The lowest BCUT2D eigenvalue weighted by Crippen LogP contribution is -2.00. The van der Waals surface area contributed by atoms with Crippen molar-refractivity contribution in [3.8, 4) is 0 Å². The number of rotatable bonds is 3. The predicted molar refractivity (Wildman–Crippen MR) is 62.6 cm³/mol. The fraction of sp³-hybridized carbons (Fsp3) is 0.250. The van der Waals surface area contributed by atoms with E-state index in [1.54, 1.807) is 12.3 Å². The molecule has 1 rings (SSSR count). The molecule has 0 radical (unpaired) electrons. The molecule has 0 atom stereocenters. The van der Waals surface area contributed by atoms with Crippen molar-refractivity contribution in [1.29, 1.82) is 0 Å². The van der Waals surface area contributed by atoms with E-state index >= 15 is 0 Å². The SMILES string of the molecule is C=Cc1c(C(=C)C(C)C)ccnc1N. The Morgan fingerprint density at radius 3 is 2.71 bits per heavy atom. The quantitative estimate of drug-likeness (QED) is 0.792. The summed E-state index contributed by atoms with van der Waals surface area (Å²) in [5, 5.41) is 0. The van der Waals surface area contributed by atoms with E-state index < -0.39 is 0 Å². The molecular weight excluding hydrogens is 172 g/mol. The van der Waals surface area contributed by atoms with Gasteiger partial charge in [0.05, 0.1) is 0 Å². The Kier molecular flexibility index (Phi) is 3.07. The smallest absolute Gasteiger partial charge is 0.131 e. The molecule has 1 heterocycles. The van der Waals surface area contributed by atoms with Crippen molar-refractivity contribution < 1.29 is 0 Å². The third kappa shape index (κ3) is 1.84. The maximum Gasteiger partial charge on any atom is 0.131 e. The summed E-state index contributed by atoms with van der Waals surface area (Å²) in [5.74, 6) is 0.912. The summed E-state index contributed by atoms with van der Waals surface area (Å²) in [4.78, 5) is 4.02. The highest BCUT2D eigenvalue weighted by Crippen LogP contribution is 2.27. The average molecular weight is 188 g/mol. The number of aromatic nitrogens is 1. The van der Waals surface area contributed by atoms with Gasteiger partial charge in [-0.15, -0.1) is 0 Å². The first kappa shape index (κ1) is 10.5. The Balaban J connectivity index is 3.27. The third-order valence-electron chi connectivity index (χ3n) is 2.27. The first-order chi connectivity index (χ1) is 6.57. The second-order valence-corrected chi connectivity index (χ2v) is 3.54. The molecule has 1 aromatic rings. The molecular formula is C12H16N2. The first-order valence-electron chi connectivity index (χ1n) is 4.64. The van der Waals surface area contributed by atoms with Crippen LogP contribution in [0.4, 0.5) is 5.82 Å². The van der Waals surface area contributed by atoms with Crippen molar-refractivity contribution in [3.63, 3.8) is 0 Å². The highest BCUT2D eigenvalue weighted by Gasteiger charge is 2.09. The monoisotopic (exact) mass is 188 g/mol. The fourth-order valence-corrected chi connectivity index (χ4v) is 1.29. The highest BCUT2D eigenvalue weighted by molar-refractivity contribution is 5.77. The molecule has 0 saturated heterocycles. The van der Waals surface area contributed by atoms with Gasteiger partial charge in [0.15, 0.2) is 0 Å². The largest absolute Gasteiger partial charge is 0.383 e. The van der Waals surface area contributed by atoms with E-state index in [1.165, 1.54) is 0 Å². The van der Waals surface area contributed by atoms with Gasteiger partial charge in [0.2, 0.25) is 0 Å². The van der Waals surface area contributed by atoms with Crippen LogP contribution in [-0.2, 0) is 0 Å². The summed E-state index contributed by atoms with van der Waals surface area (Å²) in [5.41, 5.74) is 8.73. The van der Waals surface area contributed by atoms with Gasteiger partial charge in [0.1, 0.15) is 5.82 Å². The summed E-state index contributed by atoms with van der Waals surface area (Å²) in [6.45, 7) is 12.0. The van der Waals surface area contributed by atoms with E-state index in [0.29, 0.717) is 11.7 Å². The van der Waals surface area contributed by atoms with Gasteiger partial charge < -0.3 is 5.73 Å². The maximum absolute atomic E-state index is 5.75. The second-order valence-electron chi connectivity index (χ2n) is 3.54. The van der Waals surface area contributed by atoms with E-state index in [1.807, 2.05) is 6.07 Å². The summed E-state index contributed by atoms with van der Waals surface area (Å²) in [6.07, 6.45) is 3.43. The van der Waals surface area contributed by atoms with Gasteiger partial charge in [0.25, 0.3) is 0 Å². The number of pyridine rings is 1.